The summed E-state index contributed by atoms with van der Waals surface area (Å²) in [5, 5.41) is 0. The molecule has 0 spiro atoms. The van der Waals surface area contributed by atoms with Gasteiger partial charge in [-0.3, -0.25) is 0 Å². The number of ether oxygens (including phenoxy) is 3. The molecular formula is C7H14O3. The number of hydrogen-bond donors (Lipinski definition) is 0. The number of rotatable bonds is 3. The van der Waals surface area contributed by atoms with Gasteiger partial charge in [-0.05, 0) is 12.8 Å². The summed E-state index contributed by atoms with van der Waals surface area (Å²) in [4.78, 5) is 0. The van der Waals surface area contributed by atoms with Gasteiger partial charge in [0.05, 0.1) is 12.7 Å². The highest BCUT2D eigenvalue weighted by Crippen LogP contribution is 2.09. The van der Waals surface area contributed by atoms with Gasteiger partial charge < -0.3 is 14.2 Å². The van der Waals surface area contributed by atoms with Crippen molar-refractivity contribution in [1.82, 2.24) is 0 Å². The minimum atomic E-state index is 0.355. The molecule has 3 heteroatoms. The third-order valence-electron chi connectivity index (χ3n) is 1.62. The molecular weight excluding hydrogens is 132 g/mol. The van der Waals surface area contributed by atoms with E-state index in [-0.39, 0.29) is 0 Å². The fraction of sp³-hybridized carbons (Fsp3) is 1.00. The largest absolute Gasteiger partial charge is 0.385 e. The second kappa shape index (κ2) is 4.66. The molecule has 0 aromatic carbocycles. The first kappa shape index (κ1) is 7.98. The van der Waals surface area contributed by atoms with Crippen LogP contribution < -0.4 is 0 Å². The average molecular weight is 146 g/mol. The van der Waals surface area contributed by atoms with Crippen molar-refractivity contribution in [3.63, 3.8) is 0 Å². The highest BCUT2D eigenvalue weighted by Gasteiger charge is 2.12. The summed E-state index contributed by atoms with van der Waals surface area (Å²) in [5.41, 5.74) is 0. The van der Waals surface area contributed by atoms with Crippen molar-refractivity contribution in [2.75, 3.05) is 27.1 Å². The van der Waals surface area contributed by atoms with Gasteiger partial charge >= 0.3 is 0 Å². The zero-order chi connectivity index (χ0) is 7.23. The molecule has 0 N–H and O–H groups in total. The maximum absolute atomic E-state index is 5.28. The van der Waals surface area contributed by atoms with Gasteiger partial charge in [0.25, 0.3) is 0 Å². The summed E-state index contributed by atoms with van der Waals surface area (Å²) in [7, 11) is 1.71. The molecule has 0 radical (unpaired) electrons. The summed E-state index contributed by atoms with van der Waals surface area (Å²) < 4.78 is 15.2. The van der Waals surface area contributed by atoms with Crippen LogP contribution in [-0.2, 0) is 14.2 Å². The molecule has 1 unspecified atom stereocenters. The second-order valence-electron chi connectivity index (χ2n) is 2.38. The Morgan fingerprint density at radius 1 is 1.60 bits per heavy atom. The fourth-order valence-corrected chi connectivity index (χ4v) is 0.978. The molecule has 0 aromatic rings. The Balaban J connectivity index is 2.02. The molecule has 10 heavy (non-hydrogen) atoms. The van der Waals surface area contributed by atoms with Crippen molar-refractivity contribution in [2.24, 2.45) is 0 Å². The fourth-order valence-electron chi connectivity index (χ4n) is 0.978. The summed E-state index contributed by atoms with van der Waals surface area (Å²) >= 11 is 0. The van der Waals surface area contributed by atoms with E-state index in [1.54, 1.807) is 7.11 Å². The maximum atomic E-state index is 5.28. The van der Waals surface area contributed by atoms with E-state index >= 15 is 0 Å². The molecule has 0 aromatic heterocycles. The minimum absolute atomic E-state index is 0.355. The van der Waals surface area contributed by atoms with Crippen LogP contribution in [0.4, 0.5) is 0 Å². The Morgan fingerprint density at radius 2 is 2.50 bits per heavy atom. The SMILES string of the molecule is COCCC1CCOCO1. The van der Waals surface area contributed by atoms with E-state index in [1.807, 2.05) is 0 Å². The van der Waals surface area contributed by atoms with Crippen molar-refractivity contribution in [1.29, 1.82) is 0 Å². The normalized spacial score (nSPS) is 26.7. The van der Waals surface area contributed by atoms with Crippen LogP contribution in [0.5, 0.6) is 0 Å². The quantitative estimate of drug-likeness (QED) is 0.589. The van der Waals surface area contributed by atoms with Gasteiger partial charge in [-0.25, -0.2) is 0 Å². The van der Waals surface area contributed by atoms with Crippen LogP contribution in [0.3, 0.4) is 0 Å². The predicted molar refractivity (Wildman–Crippen MR) is 36.8 cm³/mol. The zero-order valence-electron chi connectivity index (χ0n) is 6.34. The molecule has 0 aliphatic carbocycles. The molecule has 1 heterocycles. The lowest BCUT2D eigenvalue weighted by molar-refractivity contribution is -0.143. The highest BCUT2D eigenvalue weighted by atomic mass is 16.7. The molecule has 60 valence electrons. The Bertz CT molecular complexity index is 78.9. The molecule has 1 fully saturated rings. The van der Waals surface area contributed by atoms with Crippen molar-refractivity contribution in [3.05, 3.63) is 0 Å². The van der Waals surface area contributed by atoms with Crippen LogP contribution in [0.2, 0.25) is 0 Å². The third kappa shape index (κ3) is 2.64. The van der Waals surface area contributed by atoms with Gasteiger partial charge in [-0.1, -0.05) is 0 Å². The first-order valence-electron chi connectivity index (χ1n) is 3.62. The Hall–Kier alpha value is -0.120. The Kier molecular flexibility index (Phi) is 3.72. The van der Waals surface area contributed by atoms with E-state index in [9.17, 15) is 0 Å². The lowest BCUT2D eigenvalue weighted by atomic mass is 10.2. The molecule has 0 amide bonds. The van der Waals surface area contributed by atoms with Crippen molar-refractivity contribution >= 4 is 0 Å². The lowest BCUT2D eigenvalue weighted by Gasteiger charge is -2.22. The van der Waals surface area contributed by atoms with E-state index in [1.165, 1.54) is 0 Å². The van der Waals surface area contributed by atoms with Crippen LogP contribution in [0, 0.1) is 0 Å². The average Bonchev–Trinajstić information content (AvgIpc) is 2.03. The molecule has 1 rings (SSSR count). The second-order valence-corrected chi connectivity index (χ2v) is 2.38. The van der Waals surface area contributed by atoms with E-state index in [0.717, 1.165) is 26.1 Å². The van der Waals surface area contributed by atoms with Crippen molar-refractivity contribution in [2.45, 2.75) is 18.9 Å². The van der Waals surface area contributed by atoms with Gasteiger partial charge in [-0.15, -0.1) is 0 Å². The minimum Gasteiger partial charge on any atom is -0.385 e. The first-order valence-corrected chi connectivity index (χ1v) is 3.62. The van der Waals surface area contributed by atoms with Gasteiger partial charge in [-0.2, -0.15) is 0 Å². The van der Waals surface area contributed by atoms with Crippen molar-refractivity contribution < 1.29 is 14.2 Å². The van der Waals surface area contributed by atoms with E-state index < -0.39 is 0 Å². The van der Waals surface area contributed by atoms with Crippen LogP contribution >= 0.6 is 0 Å². The van der Waals surface area contributed by atoms with E-state index in [0.29, 0.717) is 12.9 Å². The zero-order valence-corrected chi connectivity index (χ0v) is 6.34. The smallest absolute Gasteiger partial charge is 0.147 e. The molecule has 1 aliphatic rings. The maximum Gasteiger partial charge on any atom is 0.147 e. The van der Waals surface area contributed by atoms with Crippen LogP contribution in [0.25, 0.3) is 0 Å². The molecule has 1 atom stereocenters. The van der Waals surface area contributed by atoms with Crippen LogP contribution in [0.15, 0.2) is 0 Å². The van der Waals surface area contributed by atoms with Gasteiger partial charge in [0.1, 0.15) is 6.79 Å². The van der Waals surface area contributed by atoms with Crippen LogP contribution in [0.1, 0.15) is 12.8 Å². The summed E-state index contributed by atoms with van der Waals surface area (Å²) in [6.45, 7) is 2.06. The predicted octanol–water partition coefficient (Wildman–Crippen LogP) is 0.786. The highest BCUT2D eigenvalue weighted by molar-refractivity contribution is 4.58. The molecule has 3 nitrogen and oxygen atoms in total. The summed E-state index contributed by atoms with van der Waals surface area (Å²) in [5.74, 6) is 0. The standard InChI is InChI=1S/C7H14O3/c1-8-4-2-7-3-5-9-6-10-7/h7H,2-6H2,1H3. The molecule has 1 aliphatic heterocycles. The van der Waals surface area contributed by atoms with E-state index in [2.05, 4.69) is 0 Å². The van der Waals surface area contributed by atoms with Gasteiger partial charge in [0, 0.05) is 13.7 Å². The Morgan fingerprint density at radius 3 is 3.10 bits per heavy atom. The molecule has 1 saturated heterocycles. The molecule has 0 bridgehead atoms. The summed E-state index contributed by atoms with van der Waals surface area (Å²) in [6, 6.07) is 0. The van der Waals surface area contributed by atoms with E-state index in [4.69, 9.17) is 14.2 Å². The number of methoxy groups -OCH3 is 1. The Labute approximate surface area is 61.3 Å². The monoisotopic (exact) mass is 146 g/mol. The summed E-state index contributed by atoms with van der Waals surface area (Å²) in [6.07, 6.45) is 2.34. The third-order valence-corrected chi connectivity index (χ3v) is 1.62. The topological polar surface area (TPSA) is 27.7 Å². The number of hydrogen-bond acceptors (Lipinski definition) is 3. The van der Waals surface area contributed by atoms with Crippen molar-refractivity contribution in [3.8, 4) is 0 Å². The lowest BCUT2D eigenvalue weighted by Crippen LogP contribution is -2.24. The van der Waals surface area contributed by atoms with Gasteiger partial charge in [0.15, 0.2) is 0 Å². The van der Waals surface area contributed by atoms with Crippen LogP contribution in [-0.4, -0.2) is 33.2 Å². The van der Waals surface area contributed by atoms with Gasteiger partial charge in [0.2, 0.25) is 0 Å². The first-order chi connectivity index (χ1) is 4.93. The molecule has 0 saturated carbocycles.